The fraction of sp³-hybridized carbons (Fsp3) is 0.353. The third kappa shape index (κ3) is 4.50. The zero-order chi connectivity index (χ0) is 16.1. The number of carbonyl (C=O) groups excluding carboxylic acids is 1. The van der Waals surface area contributed by atoms with Crippen molar-refractivity contribution in [2.45, 2.75) is 25.6 Å². The zero-order valence-electron chi connectivity index (χ0n) is 12.6. The molecule has 1 aliphatic rings. The van der Waals surface area contributed by atoms with Crippen molar-refractivity contribution in [2.24, 2.45) is 0 Å². The summed E-state index contributed by atoms with van der Waals surface area (Å²) in [5.74, 6) is 1.26. The van der Waals surface area contributed by atoms with Crippen molar-refractivity contribution in [2.75, 3.05) is 13.2 Å². The van der Waals surface area contributed by atoms with E-state index in [2.05, 4.69) is 5.32 Å². The van der Waals surface area contributed by atoms with Crippen molar-refractivity contribution < 1.29 is 18.7 Å². The van der Waals surface area contributed by atoms with Crippen LogP contribution < -0.4 is 10.1 Å². The van der Waals surface area contributed by atoms with Crippen molar-refractivity contribution in [3.8, 4) is 5.75 Å². The van der Waals surface area contributed by atoms with Crippen molar-refractivity contribution in [3.63, 3.8) is 0 Å². The van der Waals surface area contributed by atoms with Crippen LogP contribution in [0.2, 0.25) is 5.02 Å². The van der Waals surface area contributed by atoms with E-state index in [1.54, 1.807) is 24.3 Å². The Hall–Kier alpha value is -1.98. The molecule has 0 spiro atoms. The number of amides is 1. The fourth-order valence-corrected chi connectivity index (χ4v) is 2.57. The van der Waals surface area contributed by atoms with Crippen LogP contribution in [0, 0.1) is 0 Å². The van der Waals surface area contributed by atoms with Gasteiger partial charge in [0.05, 0.1) is 6.10 Å². The van der Waals surface area contributed by atoms with Crippen molar-refractivity contribution >= 4 is 17.5 Å². The molecule has 5 nitrogen and oxygen atoms in total. The lowest BCUT2D eigenvalue weighted by atomic mass is 10.2. The standard InChI is InChI=1S/C17H18ClNO4/c18-12-3-1-4-13(9-12)22-11-15-6-7-16(23-15)17(20)19-10-14-5-2-8-21-14/h1,3-4,6-7,9,14H,2,5,8,10-11H2,(H,19,20)/t14-/m0/s1. The molecule has 2 heterocycles. The van der Waals surface area contributed by atoms with E-state index < -0.39 is 0 Å². The third-order valence-electron chi connectivity index (χ3n) is 3.58. The van der Waals surface area contributed by atoms with Gasteiger partial charge in [-0.05, 0) is 43.2 Å². The number of nitrogens with one attached hydrogen (secondary N) is 1. The highest BCUT2D eigenvalue weighted by Gasteiger charge is 2.18. The van der Waals surface area contributed by atoms with E-state index in [0.717, 1.165) is 19.4 Å². The van der Waals surface area contributed by atoms with E-state index in [-0.39, 0.29) is 24.4 Å². The molecule has 1 aromatic heterocycles. The smallest absolute Gasteiger partial charge is 0.287 e. The molecular formula is C17H18ClNO4. The average molecular weight is 336 g/mol. The van der Waals surface area contributed by atoms with Gasteiger partial charge in [0.2, 0.25) is 0 Å². The van der Waals surface area contributed by atoms with Crippen LogP contribution in [0.15, 0.2) is 40.8 Å². The molecule has 1 N–H and O–H groups in total. The predicted molar refractivity (Wildman–Crippen MR) is 85.8 cm³/mol. The highest BCUT2D eigenvalue weighted by Crippen LogP contribution is 2.19. The summed E-state index contributed by atoms with van der Waals surface area (Å²) in [4.78, 5) is 12.0. The first-order chi connectivity index (χ1) is 11.2. The maximum atomic E-state index is 12.0. The normalized spacial score (nSPS) is 17.2. The molecule has 1 saturated heterocycles. The topological polar surface area (TPSA) is 60.7 Å². The molecular weight excluding hydrogens is 318 g/mol. The highest BCUT2D eigenvalue weighted by molar-refractivity contribution is 6.30. The first kappa shape index (κ1) is 15.9. The Morgan fingerprint density at radius 2 is 2.26 bits per heavy atom. The Morgan fingerprint density at radius 3 is 3.04 bits per heavy atom. The summed E-state index contributed by atoms with van der Waals surface area (Å²) in [7, 11) is 0. The quantitative estimate of drug-likeness (QED) is 0.878. The summed E-state index contributed by atoms with van der Waals surface area (Å²) in [5.41, 5.74) is 0. The van der Waals surface area contributed by atoms with Crippen LogP contribution in [-0.2, 0) is 11.3 Å². The Labute approximate surface area is 139 Å². The van der Waals surface area contributed by atoms with E-state index in [1.165, 1.54) is 0 Å². The van der Waals surface area contributed by atoms with Crippen LogP contribution in [0.4, 0.5) is 0 Å². The molecule has 23 heavy (non-hydrogen) atoms. The SMILES string of the molecule is O=C(NC[C@@H]1CCCO1)c1ccc(COc2cccc(Cl)c2)o1. The molecule has 2 aromatic rings. The molecule has 1 atom stereocenters. The largest absolute Gasteiger partial charge is 0.486 e. The van der Waals surface area contributed by atoms with E-state index >= 15 is 0 Å². The number of furan rings is 1. The van der Waals surface area contributed by atoms with Gasteiger partial charge in [0.25, 0.3) is 5.91 Å². The monoisotopic (exact) mass is 335 g/mol. The summed E-state index contributed by atoms with van der Waals surface area (Å²) in [5, 5.41) is 3.43. The van der Waals surface area contributed by atoms with Gasteiger partial charge in [0.1, 0.15) is 18.1 Å². The van der Waals surface area contributed by atoms with Crippen LogP contribution in [0.25, 0.3) is 0 Å². The van der Waals surface area contributed by atoms with Crippen LogP contribution in [0.5, 0.6) is 5.75 Å². The van der Waals surface area contributed by atoms with Crippen LogP contribution in [0.1, 0.15) is 29.2 Å². The first-order valence-electron chi connectivity index (χ1n) is 7.57. The van der Waals surface area contributed by atoms with Gasteiger partial charge >= 0.3 is 0 Å². The lowest BCUT2D eigenvalue weighted by Gasteiger charge is -2.09. The lowest BCUT2D eigenvalue weighted by molar-refractivity contribution is 0.0832. The maximum absolute atomic E-state index is 12.0. The van der Waals surface area contributed by atoms with E-state index in [0.29, 0.717) is 23.1 Å². The van der Waals surface area contributed by atoms with E-state index in [1.807, 2.05) is 12.1 Å². The molecule has 122 valence electrons. The van der Waals surface area contributed by atoms with Gasteiger partial charge in [0, 0.05) is 18.2 Å². The summed E-state index contributed by atoms with van der Waals surface area (Å²) in [6, 6.07) is 10.5. The van der Waals surface area contributed by atoms with Crippen LogP contribution in [-0.4, -0.2) is 25.2 Å². The molecule has 0 unspecified atom stereocenters. The molecule has 0 bridgehead atoms. The van der Waals surface area contributed by atoms with Gasteiger partial charge in [-0.15, -0.1) is 0 Å². The summed E-state index contributed by atoms with van der Waals surface area (Å²) in [6.45, 7) is 1.51. The van der Waals surface area contributed by atoms with Crippen molar-refractivity contribution in [1.82, 2.24) is 5.32 Å². The van der Waals surface area contributed by atoms with Gasteiger partial charge in [0.15, 0.2) is 5.76 Å². The third-order valence-corrected chi connectivity index (χ3v) is 3.81. The van der Waals surface area contributed by atoms with Gasteiger partial charge in [-0.3, -0.25) is 4.79 Å². The molecule has 1 amide bonds. The Bertz CT molecular complexity index is 664. The summed E-state index contributed by atoms with van der Waals surface area (Å²) in [6.07, 6.45) is 2.14. The van der Waals surface area contributed by atoms with Crippen molar-refractivity contribution in [3.05, 3.63) is 52.9 Å². The second-order valence-corrected chi connectivity index (χ2v) is 5.79. The molecule has 6 heteroatoms. The molecule has 1 aliphatic heterocycles. The average Bonchev–Trinajstić information content (AvgIpc) is 3.22. The van der Waals surface area contributed by atoms with Crippen molar-refractivity contribution in [1.29, 1.82) is 0 Å². The van der Waals surface area contributed by atoms with E-state index in [4.69, 9.17) is 25.5 Å². The maximum Gasteiger partial charge on any atom is 0.287 e. The second-order valence-electron chi connectivity index (χ2n) is 5.36. The fourth-order valence-electron chi connectivity index (χ4n) is 2.39. The van der Waals surface area contributed by atoms with E-state index in [9.17, 15) is 4.79 Å². The molecule has 1 fully saturated rings. The molecule has 1 aromatic carbocycles. The van der Waals surface area contributed by atoms with Gasteiger partial charge < -0.3 is 19.2 Å². The highest BCUT2D eigenvalue weighted by atomic mass is 35.5. The lowest BCUT2D eigenvalue weighted by Crippen LogP contribution is -2.31. The summed E-state index contributed by atoms with van der Waals surface area (Å²) >= 11 is 5.89. The molecule has 0 aliphatic carbocycles. The number of halogens is 1. The second kappa shape index (κ2) is 7.53. The molecule has 3 rings (SSSR count). The number of ether oxygens (including phenoxy) is 2. The number of hydrogen-bond donors (Lipinski definition) is 1. The number of benzene rings is 1. The Balaban J connectivity index is 1.49. The Kier molecular flexibility index (Phi) is 5.20. The minimum atomic E-state index is -0.241. The first-order valence-corrected chi connectivity index (χ1v) is 7.95. The predicted octanol–water partition coefficient (Wildman–Crippen LogP) is 3.42. The van der Waals surface area contributed by atoms with Gasteiger partial charge in [-0.1, -0.05) is 17.7 Å². The summed E-state index contributed by atoms with van der Waals surface area (Å²) < 4.78 is 16.5. The molecule has 0 radical (unpaired) electrons. The molecule has 0 saturated carbocycles. The van der Waals surface area contributed by atoms with Gasteiger partial charge in [-0.2, -0.15) is 0 Å². The number of rotatable bonds is 6. The van der Waals surface area contributed by atoms with Crippen LogP contribution in [0.3, 0.4) is 0 Å². The zero-order valence-corrected chi connectivity index (χ0v) is 13.3. The minimum absolute atomic E-state index is 0.111. The Morgan fingerprint density at radius 1 is 1.35 bits per heavy atom. The van der Waals surface area contributed by atoms with Gasteiger partial charge in [-0.25, -0.2) is 0 Å². The number of carbonyl (C=O) groups is 1. The van der Waals surface area contributed by atoms with Crippen LogP contribution >= 0.6 is 11.6 Å². The number of hydrogen-bond acceptors (Lipinski definition) is 4. The minimum Gasteiger partial charge on any atom is -0.486 e.